The Morgan fingerprint density at radius 3 is 2.31 bits per heavy atom. The first-order valence-electron chi connectivity index (χ1n) is 5.58. The van der Waals surface area contributed by atoms with Gasteiger partial charge in [-0.2, -0.15) is 0 Å². The van der Waals surface area contributed by atoms with Crippen molar-refractivity contribution in [1.82, 2.24) is 4.98 Å². The van der Waals surface area contributed by atoms with Gasteiger partial charge in [0.1, 0.15) is 0 Å². The molecular formula is C12H15NO3. The van der Waals surface area contributed by atoms with E-state index in [4.69, 9.17) is 5.11 Å². The number of aromatic nitrogens is 1. The van der Waals surface area contributed by atoms with E-state index >= 15 is 0 Å². The molecule has 1 aliphatic carbocycles. The van der Waals surface area contributed by atoms with Crippen molar-refractivity contribution in [2.45, 2.75) is 25.7 Å². The zero-order chi connectivity index (χ0) is 11.5. The Bertz CT molecular complexity index is 375. The minimum atomic E-state index is -0.729. The summed E-state index contributed by atoms with van der Waals surface area (Å²) in [5.74, 6) is -0.834. The summed E-state index contributed by atoms with van der Waals surface area (Å²) in [5, 5.41) is 8.86. The van der Waals surface area contributed by atoms with Crippen LogP contribution in [0.15, 0.2) is 18.5 Å². The molecule has 0 saturated heterocycles. The fourth-order valence-electron chi connectivity index (χ4n) is 2.32. The van der Waals surface area contributed by atoms with Crippen LogP contribution in [0.5, 0.6) is 0 Å². The van der Waals surface area contributed by atoms with Crippen molar-refractivity contribution >= 4 is 11.8 Å². The van der Waals surface area contributed by atoms with E-state index in [9.17, 15) is 9.59 Å². The molecule has 2 rings (SSSR count). The first-order chi connectivity index (χ1) is 7.68. The summed E-state index contributed by atoms with van der Waals surface area (Å²) < 4.78 is 0. The summed E-state index contributed by atoms with van der Waals surface area (Å²) in [6, 6.07) is 1.77. The van der Waals surface area contributed by atoms with Crippen LogP contribution < -0.4 is 0 Å². The number of carbonyl (C=O) groups is 2. The van der Waals surface area contributed by atoms with Gasteiger partial charge in [-0.25, -0.2) is 0 Å². The van der Waals surface area contributed by atoms with Crippen LogP contribution in [0, 0.1) is 11.8 Å². The SMILES string of the molecule is O=C(O)C1CCC(C(=O)c2cc[nH]c2)CC1. The maximum Gasteiger partial charge on any atom is 0.306 e. The molecule has 0 unspecified atom stereocenters. The molecular weight excluding hydrogens is 206 g/mol. The average molecular weight is 221 g/mol. The molecule has 1 aromatic heterocycles. The molecule has 1 fully saturated rings. The van der Waals surface area contributed by atoms with E-state index in [1.54, 1.807) is 18.5 Å². The number of ketones is 1. The van der Waals surface area contributed by atoms with Crippen LogP contribution >= 0.6 is 0 Å². The van der Waals surface area contributed by atoms with Crippen molar-refractivity contribution in [3.8, 4) is 0 Å². The van der Waals surface area contributed by atoms with Crippen molar-refractivity contribution in [2.24, 2.45) is 11.8 Å². The van der Waals surface area contributed by atoms with E-state index in [1.165, 1.54) is 0 Å². The zero-order valence-electron chi connectivity index (χ0n) is 8.98. The van der Waals surface area contributed by atoms with Gasteiger partial charge in [0.05, 0.1) is 5.92 Å². The molecule has 0 radical (unpaired) electrons. The first kappa shape index (κ1) is 10.9. The molecule has 1 heterocycles. The van der Waals surface area contributed by atoms with Crippen molar-refractivity contribution in [2.75, 3.05) is 0 Å². The first-order valence-corrected chi connectivity index (χ1v) is 5.58. The topological polar surface area (TPSA) is 70.2 Å². The van der Waals surface area contributed by atoms with Crippen molar-refractivity contribution in [3.05, 3.63) is 24.0 Å². The van der Waals surface area contributed by atoms with Gasteiger partial charge < -0.3 is 10.1 Å². The van der Waals surface area contributed by atoms with Crippen LogP contribution in [0.1, 0.15) is 36.0 Å². The number of hydrogen-bond donors (Lipinski definition) is 2. The summed E-state index contributed by atoms with van der Waals surface area (Å²) in [6.07, 6.45) is 6.07. The third-order valence-corrected chi connectivity index (χ3v) is 3.33. The lowest BCUT2D eigenvalue weighted by atomic mass is 9.79. The molecule has 2 N–H and O–H groups in total. The fourth-order valence-corrected chi connectivity index (χ4v) is 2.32. The normalized spacial score (nSPS) is 25.2. The third-order valence-electron chi connectivity index (χ3n) is 3.33. The minimum absolute atomic E-state index is 0.00593. The number of aliphatic carboxylic acids is 1. The van der Waals surface area contributed by atoms with Gasteiger partial charge in [0.15, 0.2) is 5.78 Å². The zero-order valence-corrected chi connectivity index (χ0v) is 8.98. The maximum atomic E-state index is 12.0. The number of hydrogen-bond acceptors (Lipinski definition) is 2. The lowest BCUT2D eigenvalue weighted by Crippen LogP contribution is -2.25. The maximum absolute atomic E-state index is 12.0. The molecule has 0 bridgehead atoms. The fraction of sp³-hybridized carbons (Fsp3) is 0.500. The summed E-state index contributed by atoms with van der Waals surface area (Å²) in [5.41, 5.74) is 0.707. The van der Waals surface area contributed by atoms with E-state index in [2.05, 4.69) is 4.98 Å². The molecule has 1 aromatic rings. The van der Waals surface area contributed by atoms with Gasteiger partial charge in [0.25, 0.3) is 0 Å². The summed E-state index contributed by atoms with van der Waals surface area (Å²) >= 11 is 0. The van der Waals surface area contributed by atoms with E-state index in [1.807, 2.05) is 0 Å². The number of rotatable bonds is 3. The van der Waals surface area contributed by atoms with Crippen molar-refractivity contribution in [3.63, 3.8) is 0 Å². The van der Waals surface area contributed by atoms with Crippen molar-refractivity contribution in [1.29, 1.82) is 0 Å². The molecule has 86 valence electrons. The van der Waals surface area contributed by atoms with Gasteiger partial charge in [-0.3, -0.25) is 9.59 Å². The number of nitrogens with one attached hydrogen (secondary N) is 1. The minimum Gasteiger partial charge on any atom is -0.481 e. The van der Waals surface area contributed by atoms with Gasteiger partial charge >= 0.3 is 5.97 Å². The Labute approximate surface area is 93.7 Å². The number of carboxylic acids is 1. The molecule has 1 aliphatic rings. The standard InChI is InChI=1S/C12H15NO3/c14-11(10-5-6-13-7-10)8-1-3-9(4-2-8)12(15)16/h5-9,13H,1-4H2,(H,15,16). The number of carbonyl (C=O) groups excluding carboxylic acids is 1. The second-order valence-electron chi connectivity index (χ2n) is 4.35. The van der Waals surface area contributed by atoms with Crippen LogP contribution in [-0.4, -0.2) is 21.8 Å². The molecule has 0 aliphatic heterocycles. The van der Waals surface area contributed by atoms with Gasteiger partial charge in [0.2, 0.25) is 0 Å². The highest BCUT2D eigenvalue weighted by molar-refractivity contribution is 5.97. The van der Waals surface area contributed by atoms with Crippen LogP contribution in [0.2, 0.25) is 0 Å². The van der Waals surface area contributed by atoms with E-state index < -0.39 is 5.97 Å². The Morgan fingerprint density at radius 2 is 1.81 bits per heavy atom. The molecule has 0 spiro atoms. The monoisotopic (exact) mass is 221 g/mol. The predicted octanol–water partition coefficient (Wildman–Crippen LogP) is 2.09. The largest absolute Gasteiger partial charge is 0.481 e. The van der Waals surface area contributed by atoms with E-state index in [0.29, 0.717) is 31.2 Å². The molecule has 4 nitrogen and oxygen atoms in total. The smallest absolute Gasteiger partial charge is 0.306 e. The summed E-state index contributed by atoms with van der Waals surface area (Å²) in [4.78, 5) is 25.6. The second-order valence-corrected chi connectivity index (χ2v) is 4.35. The van der Waals surface area contributed by atoms with E-state index in [0.717, 1.165) is 0 Å². The average Bonchev–Trinajstić information content (AvgIpc) is 2.81. The molecule has 1 saturated carbocycles. The predicted molar refractivity (Wildman–Crippen MR) is 58.2 cm³/mol. The van der Waals surface area contributed by atoms with E-state index in [-0.39, 0.29) is 17.6 Å². The lowest BCUT2D eigenvalue weighted by Gasteiger charge is -2.24. The molecule has 16 heavy (non-hydrogen) atoms. The Balaban J connectivity index is 1.94. The summed E-state index contributed by atoms with van der Waals surface area (Å²) in [6.45, 7) is 0. The quantitative estimate of drug-likeness (QED) is 0.768. The van der Waals surface area contributed by atoms with Crippen LogP contribution in [0.4, 0.5) is 0 Å². The van der Waals surface area contributed by atoms with Gasteiger partial charge in [-0.15, -0.1) is 0 Å². The summed E-state index contributed by atoms with van der Waals surface area (Å²) in [7, 11) is 0. The molecule has 0 aromatic carbocycles. The Morgan fingerprint density at radius 1 is 1.19 bits per heavy atom. The molecule has 0 amide bonds. The highest BCUT2D eigenvalue weighted by Gasteiger charge is 2.30. The second kappa shape index (κ2) is 4.51. The molecule has 4 heteroatoms. The Hall–Kier alpha value is -1.58. The Kier molecular flexibility index (Phi) is 3.08. The van der Waals surface area contributed by atoms with Crippen LogP contribution in [-0.2, 0) is 4.79 Å². The van der Waals surface area contributed by atoms with Crippen molar-refractivity contribution < 1.29 is 14.7 Å². The number of Topliss-reactive ketones (excluding diaryl/α,β-unsaturated/α-hetero) is 1. The number of H-pyrrole nitrogens is 1. The molecule has 0 atom stereocenters. The number of aromatic amines is 1. The third kappa shape index (κ3) is 2.15. The highest BCUT2D eigenvalue weighted by Crippen LogP contribution is 2.31. The lowest BCUT2D eigenvalue weighted by molar-refractivity contribution is -0.143. The van der Waals surface area contributed by atoms with Crippen LogP contribution in [0.3, 0.4) is 0 Å². The van der Waals surface area contributed by atoms with Gasteiger partial charge in [-0.05, 0) is 31.7 Å². The number of carboxylic acid groups (broad SMARTS) is 1. The highest BCUT2D eigenvalue weighted by atomic mass is 16.4. The van der Waals surface area contributed by atoms with Gasteiger partial charge in [0, 0.05) is 23.9 Å². The van der Waals surface area contributed by atoms with Gasteiger partial charge in [-0.1, -0.05) is 0 Å². The van der Waals surface area contributed by atoms with Crippen LogP contribution in [0.25, 0.3) is 0 Å².